The minimum atomic E-state index is -0.676. The van der Waals surface area contributed by atoms with E-state index < -0.39 is 12.1 Å². The fourth-order valence-corrected chi connectivity index (χ4v) is 8.55. The lowest BCUT2D eigenvalue weighted by Crippen LogP contribution is -2.51. The highest BCUT2D eigenvalue weighted by molar-refractivity contribution is 5.87. The van der Waals surface area contributed by atoms with Gasteiger partial charge in [-0.25, -0.2) is 19.7 Å². The molecule has 3 amide bonds. The largest absolute Gasteiger partial charge is 0.453 e. The summed E-state index contributed by atoms with van der Waals surface area (Å²) in [7, 11) is 3.11. The summed E-state index contributed by atoms with van der Waals surface area (Å²) in [6.07, 6.45) is 7.20. The first-order valence-corrected chi connectivity index (χ1v) is 21.0. The van der Waals surface area contributed by atoms with Crippen molar-refractivity contribution in [1.82, 2.24) is 45.8 Å². The van der Waals surface area contributed by atoms with Crippen LogP contribution in [0.25, 0.3) is 44.7 Å². The molecular formula is C47H53N9O4. The average Bonchev–Trinajstić information content (AvgIpc) is 4.06. The van der Waals surface area contributed by atoms with E-state index in [1.54, 1.807) is 7.05 Å². The number of hydrogen-bond donors (Lipinski definition) is 5. The number of likely N-dealkylation sites (tertiary alicyclic amines) is 1. The summed E-state index contributed by atoms with van der Waals surface area (Å²) in [5, 5.41) is 9.94. The number of rotatable bonds is 14. The second-order valence-corrected chi connectivity index (χ2v) is 16.1. The Kier molecular flexibility index (Phi) is 12.1. The number of alkyl carbamates (subject to hydrolysis) is 1. The molecule has 3 unspecified atom stereocenters. The number of imidazole rings is 2. The van der Waals surface area contributed by atoms with Gasteiger partial charge in [-0.2, -0.15) is 0 Å². The number of aromatic nitrogens is 5. The van der Waals surface area contributed by atoms with Crippen LogP contribution in [0.5, 0.6) is 0 Å². The van der Waals surface area contributed by atoms with Gasteiger partial charge in [0.1, 0.15) is 23.7 Å². The van der Waals surface area contributed by atoms with Crippen LogP contribution in [0, 0.1) is 5.92 Å². The second kappa shape index (κ2) is 17.9. The number of aryl methyl sites for hydroxylation is 3. The lowest BCUT2D eigenvalue weighted by atomic mass is 9.90. The number of likely N-dealkylation sites (N-methyl/N-ethyl adjacent to an activating group) is 1. The Bertz CT molecular complexity index is 2490. The molecule has 2 aliphatic rings. The number of carbonyl (C=O) groups excluding carboxylic acids is 3. The molecule has 4 heterocycles. The number of hydrogen-bond acceptors (Lipinski definition) is 8. The highest BCUT2D eigenvalue weighted by Gasteiger charge is 2.38. The molecule has 1 fully saturated rings. The molecule has 13 nitrogen and oxygen atoms in total. The zero-order valence-electron chi connectivity index (χ0n) is 34.7. The average molecular weight is 808 g/mol. The first kappa shape index (κ1) is 40.4. The molecule has 5 N–H and O–H groups in total. The van der Waals surface area contributed by atoms with Gasteiger partial charge < -0.3 is 35.6 Å². The summed E-state index contributed by atoms with van der Waals surface area (Å²) in [4.78, 5) is 62.2. The highest BCUT2D eigenvalue weighted by Crippen LogP contribution is 2.39. The SMILES string of the molecule is CNC(C(=O)NCCCCc1ncc(-c2ccc3nc(-c4ccc5c(c4)CCc4[nH]c(C6CCCN6C(=O)C(NC(=O)OC)C(C)C)nc4-5)ccc3c2)[nH]1)c1ccccc1. The van der Waals surface area contributed by atoms with Gasteiger partial charge >= 0.3 is 6.09 Å². The zero-order chi connectivity index (χ0) is 41.8. The minimum absolute atomic E-state index is 0.0229. The molecule has 0 spiro atoms. The van der Waals surface area contributed by atoms with Crippen molar-refractivity contribution in [3.8, 4) is 33.8 Å². The van der Waals surface area contributed by atoms with Crippen LogP contribution in [0.15, 0.2) is 85.1 Å². The number of pyridine rings is 1. The Hall–Kier alpha value is -6.34. The first-order valence-electron chi connectivity index (χ1n) is 21.0. The zero-order valence-corrected chi connectivity index (χ0v) is 34.7. The van der Waals surface area contributed by atoms with Gasteiger partial charge in [-0.05, 0) is 86.9 Å². The molecule has 3 atom stereocenters. The van der Waals surface area contributed by atoms with Gasteiger partial charge in [0.15, 0.2) is 0 Å². The molecule has 0 radical (unpaired) electrons. The molecule has 6 aromatic rings. The molecule has 0 bridgehead atoms. The lowest BCUT2D eigenvalue weighted by Gasteiger charge is -2.30. The van der Waals surface area contributed by atoms with Crippen molar-refractivity contribution in [2.45, 2.75) is 76.9 Å². The van der Waals surface area contributed by atoms with Gasteiger partial charge in [0.05, 0.1) is 41.9 Å². The maximum absolute atomic E-state index is 13.7. The van der Waals surface area contributed by atoms with Crippen molar-refractivity contribution in [2.24, 2.45) is 5.92 Å². The molecular weight excluding hydrogens is 755 g/mol. The Balaban J connectivity index is 0.895. The number of carbonyl (C=O) groups is 3. The van der Waals surface area contributed by atoms with Gasteiger partial charge in [0.25, 0.3) is 0 Å². The number of nitrogens with zero attached hydrogens (tertiary/aromatic N) is 4. The quantitative estimate of drug-likeness (QED) is 0.0719. The molecule has 8 rings (SSSR count). The van der Waals surface area contributed by atoms with Crippen molar-refractivity contribution in [3.05, 3.63) is 114 Å². The minimum Gasteiger partial charge on any atom is -0.453 e. The second-order valence-electron chi connectivity index (χ2n) is 16.1. The number of benzene rings is 3. The Morgan fingerprint density at radius 2 is 1.77 bits per heavy atom. The number of methoxy groups -OCH3 is 1. The molecule has 60 heavy (non-hydrogen) atoms. The molecule has 310 valence electrons. The summed E-state index contributed by atoms with van der Waals surface area (Å²) in [5.41, 5.74) is 10.2. The monoisotopic (exact) mass is 807 g/mol. The predicted octanol–water partition coefficient (Wildman–Crippen LogP) is 7.22. The van der Waals surface area contributed by atoms with Crippen LogP contribution < -0.4 is 16.0 Å². The smallest absolute Gasteiger partial charge is 0.407 e. The van der Waals surface area contributed by atoms with Crippen molar-refractivity contribution in [2.75, 3.05) is 27.2 Å². The van der Waals surface area contributed by atoms with E-state index in [1.807, 2.05) is 55.3 Å². The molecule has 0 saturated carbocycles. The number of H-pyrrole nitrogens is 2. The number of unbranched alkanes of at least 4 members (excludes halogenated alkanes) is 1. The Labute approximate surface area is 350 Å². The number of aromatic amines is 2. The number of fused-ring (bicyclic) bond motifs is 4. The van der Waals surface area contributed by atoms with Crippen molar-refractivity contribution < 1.29 is 19.1 Å². The van der Waals surface area contributed by atoms with Crippen LogP contribution in [0.4, 0.5) is 4.79 Å². The summed E-state index contributed by atoms with van der Waals surface area (Å²) >= 11 is 0. The fourth-order valence-electron chi connectivity index (χ4n) is 8.55. The standard InChI is InChI=1S/C47H53N9O4/c1-28(2)41(55-47(59)60-4)46(58)56-24-10-13-39(56)44-53-37-22-16-30-25-31(15-19-34(30)43(37)54-44)35-20-17-32-26-33(18-21-36(32)51-35)38-27-50-40(52-38)14-8-9-23-49-45(57)42(48-3)29-11-6-5-7-12-29/h5-7,11-12,15,17-21,25-28,39,41-42,48H,8-10,13-14,16,22-24H2,1-4H3,(H,49,57)(H,50,52)(H,53,54)(H,55,59). The van der Waals surface area contributed by atoms with Crippen LogP contribution in [-0.2, 0) is 33.6 Å². The van der Waals surface area contributed by atoms with Gasteiger partial charge in [0.2, 0.25) is 11.8 Å². The maximum Gasteiger partial charge on any atom is 0.407 e. The van der Waals surface area contributed by atoms with Crippen molar-refractivity contribution in [3.63, 3.8) is 0 Å². The van der Waals surface area contributed by atoms with Crippen molar-refractivity contribution >= 4 is 28.8 Å². The van der Waals surface area contributed by atoms with Crippen LogP contribution in [-0.4, -0.2) is 81.0 Å². The molecule has 3 aromatic carbocycles. The van der Waals surface area contributed by atoms with Gasteiger partial charge in [-0.1, -0.05) is 68.4 Å². The van der Waals surface area contributed by atoms with Gasteiger partial charge in [0, 0.05) is 47.3 Å². The maximum atomic E-state index is 13.7. The third-order valence-electron chi connectivity index (χ3n) is 11.8. The predicted molar refractivity (Wildman–Crippen MR) is 232 cm³/mol. The summed E-state index contributed by atoms with van der Waals surface area (Å²) in [5.74, 6) is 1.49. The molecule has 1 aliphatic carbocycles. The van der Waals surface area contributed by atoms with Gasteiger partial charge in [-0.3, -0.25) is 9.59 Å². The molecule has 3 aromatic heterocycles. The normalized spacial score (nSPS) is 15.7. The van der Waals surface area contributed by atoms with E-state index in [0.29, 0.717) is 13.1 Å². The lowest BCUT2D eigenvalue weighted by molar-refractivity contribution is -0.135. The summed E-state index contributed by atoms with van der Waals surface area (Å²) in [6.45, 7) is 5.07. The van der Waals surface area contributed by atoms with E-state index in [4.69, 9.17) is 14.7 Å². The Morgan fingerprint density at radius 1 is 0.933 bits per heavy atom. The van der Waals surface area contributed by atoms with E-state index in [1.165, 1.54) is 12.7 Å². The molecule has 1 aliphatic heterocycles. The first-order chi connectivity index (χ1) is 29.2. The fraction of sp³-hybridized carbons (Fsp3) is 0.362. The van der Waals surface area contributed by atoms with Crippen LogP contribution in [0.2, 0.25) is 0 Å². The topological polar surface area (TPSA) is 170 Å². The number of nitrogens with one attached hydrogen (secondary N) is 5. The molecule has 1 saturated heterocycles. The van der Waals surface area contributed by atoms with E-state index in [-0.39, 0.29) is 29.8 Å². The van der Waals surface area contributed by atoms with Crippen molar-refractivity contribution in [1.29, 1.82) is 0 Å². The third-order valence-corrected chi connectivity index (χ3v) is 11.8. The molecule has 13 heteroatoms. The third kappa shape index (κ3) is 8.53. The highest BCUT2D eigenvalue weighted by atomic mass is 16.5. The number of ether oxygens (including phenoxy) is 1. The summed E-state index contributed by atoms with van der Waals surface area (Å²) < 4.78 is 4.80. The van der Waals surface area contributed by atoms with Gasteiger partial charge in [-0.15, -0.1) is 0 Å². The number of amides is 3. The van der Waals surface area contributed by atoms with E-state index >= 15 is 0 Å². The van der Waals surface area contributed by atoms with Crippen LogP contribution in [0.1, 0.15) is 80.1 Å². The van der Waals surface area contributed by atoms with E-state index in [0.717, 1.165) is 113 Å². The van der Waals surface area contributed by atoms with Crippen LogP contribution >= 0.6 is 0 Å². The van der Waals surface area contributed by atoms with E-state index in [2.05, 4.69) is 79.4 Å². The van der Waals surface area contributed by atoms with Crippen LogP contribution in [0.3, 0.4) is 0 Å². The summed E-state index contributed by atoms with van der Waals surface area (Å²) in [6, 6.07) is 25.5. The van der Waals surface area contributed by atoms with E-state index in [9.17, 15) is 14.4 Å². The Morgan fingerprint density at radius 3 is 2.57 bits per heavy atom.